The van der Waals surface area contributed by atoms with Crippen molar-refractivity contribution in [2.24, 2.45) is 7.05 Å². The minimum Gasteiger partial charge on any atom is -0.399 e. The van der Waals surface area contributed by atoms with E-state index in [2.05, 4.69) is 15.6 Å². The lowest BCUT2D eigenvalue weighted by Crippen LogP contribution is -2.40. The van der Waals surface area contributed by atoms with Crippen LogP contribution in [0, 0.1) is 6.92 Å². The number of nitrogens with zero attached hydrogens (tertiary/aromatic N) is 3. The number of morpholine rings is 1. The number of ether oxygens (including phenoxy) is 1. The summed E-state index contributed by atoms with van der Waals surface area (Å²) in [6.45, 7) is 4.11. The number of hydrogen-bond donors (Lipinski definition) is 3. The molecule has 0 unspecified atom stereocenters. The van der Waals surface area contributed by atoms with Crippen LogP contribution in [0.5, 0.6) is 0 Å². The summed E-state index contributed by atoms with van der Waals surface area (Å²) in [6.07, 6.45) is 1.67. The lowest BCUT2D eigenvalue weighted by molar-refractivity contribution is 0.0303. The number of aromatic nitrogens is 2. The highest BCUT2D eigenvalue weighted by Crippen LogP contribution is 2.31. The van der Waals surface area contributed by atoms with Gasteiger partial charge >= 0.3 is 0 Å². The molecule has 6 rings (SSSR count). The van der Waals surface area contributed by atoms with Gasteiger partial charge in [-0.15, -0.1) is 11.3 Å². The van der Waals surface area contributed by atoms with Gasteiger partial charge in [0.15, 0.2) is 5.82 Å². The average Bonchev–Trinajstić information content (AvgIpc) is 3.44. The van der Waals surface area contributed by atoms with Crippen molar-refractivity contribution in [2.75, 3.05) is 42.7 Å². The Labute approximate surface area is 251 Å². The maximum Gasteiger partial charge on any atom is 0.293 e. The van der Waals surface area contributed by atoms with Gasteiger partial charge in [0.25, 0.3) is 17.4 Å². The number of carbonyl (C=O) groups is 2. The second-order valence-electron chi connectivity index (χ2n) is 10.3. The number of thiophene rings is 1. The van der Waals surface area contributed by atoms with Crippen LogP contribution in [0.2, 0.25) is 0 Å². The van der Waals surface area contributed by atoms with E-state index in [4.69, 9.17) is 10.5 Å². The zero-order valence-electron chi connectivity index (χ0n) is 23.7. The molecule has 1 fully saturated rings. The summed E-state index contributed by atoms with van der Waals surface area (Å²) < 4.78 is 7.78. The Kier molecular flexibility index (Phi) is 7.66. The molecule has 0 atom stereocenters. The van der Waals surface area contributed by atoms with Gasteiger partial charge in [-0.3, -0.25) is 14.4 Å². The quantitative estimate of drug-likeness (QED) is 0.235. The van der Waals surface area contributed by atoms with Crippen LogP contribution in [0.15, 0.2) is 77.7 Å². The Balaban J connectivity index is 1.23. The number of carbonyl (C=O) groups excluding carboxylic acids is 2. The molecule has 10 nitrogen and oxygen atoms in total. The number of nitrogens with one attached hydrogen (secondary N) is 2. The molecule has 0 radical (unpaired) electrons. The van der Waals surface area contributed by atoms with Gasteiger partial charge in [0.1, 0.15) is 0 Å². The predicted molar refractivity (Wildman–Crippen MR) is 170 cm³/mol. The fourth-order valence-electron chi connectivity index (χ4n) is 5.01. The van der Waals surface area contributed by atoms with E-state index in [1.54, 1.807) is 42.4 Å². The number of hydrogen-bond acceptors (Lipinski definition) is 8. The smallest absolute Gasteiger partial charge is 0.293 e. The summed E-state index contributed by atoms with van der Waals surface area (Å²) >= 11 is 1.40. The first-order valence-electron chi connectivity index (χ1n) is 13.8. The van der Waals surface area contributed by atoms with E-state index in [0.29, 0.717) is 59.5 Å². The maximum absolute atomic E-state index is 13.1. The molecule has 1 aliphatic rings. The van der Waals surface area contributed by atoms with Crippen molar-refractivity contribution in [2.45, 2.75) is 6.92 Å². The molecule has 1 saturated heterocycles. The molecule has 0 aliphatic carbocycles. The van der Waals surface area contributed by atoms with Crippen molar-refractivity contribution in [1.82, 2.24) is 14.5 Å². The topological polar surface area (TPSA) is 132 Å². The third kappa shape index (κ3) is 5.85. The highest BCUT2D eigenvalue weighted by Gasteiger charge is 2.19. The highest BCUT2D eigenvalue weighted by molar-refractivity contribution is 7.20. The summed E-state index contributed by atoms with van der Waals surface area (Å²) in [5, 5.41) is 7.05. The van der Waals surface area contributed by atoms with E-state index in [1.807, 2.05) is 49.4 Å². The molecular weight excluding hydrogens is 564 g/mol. The predicted octanol–water partition coefficient (Wildman–Crippen LogP) is 5.02. The molecular formula is C32H30N6O4S. The summed E-state index contributed by atoms with van der Waals surface area (Å²) in [4.78, 5) is 45.9. The number of rotatable bonds is 6. The second kappa shape index (κ2) is 11.7. The van der Waals surface area contributed by atoms with E-state index in [9.17, 15) is 14.4 Å². The van der Waals surface area contributed by atoms with Crippen molar-refractivity contribution in [3.63, 3.8) is 0 Å². The highest BCUT2D eigenvalue weighted by atomic mass is 32.1. The van der Waals surface area contributed by atoms with Gasteiger partial charge in [0.2, 0.25) is 0 Å². The average molecular weight is 595 g/mol. The number of fused-ring (bicyclic) bond motifs is 1. The largest absolute Gasteiger partial charge is 0.399 e. The van der Waals surface area contributed by atoms with Gasteiger partial charge < -0.3 is 30.6 Å². The number of aryl methyl sites for hydroxylation is 1. The molecule has 43 heavy (non-hydrogen) atoms. The molecule has 5 aromatic rings. The molecule has 11 heteroatoms. The monoisotopic (exact) mass is 594 g/mol. The number of anilines is 4. The molecule has 0 bridgehead atoms. The first kappa shape index (κ1) is 28.1. The van der Waals surface area contributed by atoms with Gasteiger partial charge in [0.05, 0.1) is 23.8 Å². The zero-order chi connectivity index (χ0) is 30.1. The molecule has 3 heterocycles. The first-order valence-corrected chi connectivity index (χ1v) is 14.6. The van der Waals surface area contributed by atoms with Gasteiger partial charge in [0, 0.05) is 59.2 Å². The van der Waals surface area contributed by atoms with Crippen molar-refractivity contribution in [1.29, 1.82) is 0 Å². The Morgan fingerprint density at radius 1 is 1.02 bits per heavy atom. The van der Waals surface area contributed by atoms with Crippen LogP contribution in [-0.4, -0.2) is 52.6 Å². The fourth-order valence-corrected chi connectivity index (χ4v) is 5.94. The maximum atomic E-state index is 13.1. The van der Waals surface area contributed by atoms with Crippen LogP contribution in [0.1, 0.15) is 25.6 Å². The summed E-state index contributed by atoms with van der Waals surface area (Å²) in [5.74, 6) is -0.123. The van der Waals surface area contributed by atoms with Gasteiger partial charge in [-0.05, 0) is 72.5 Å². The van der Waals surface area contributed by atoms with Gasteiger partial charge in [-0.25, -0.2) is 4.98 Å². The number of nitrogens with two attached hydrogens (primary N) is 1. The van der Waals surface area contributed by atoms with Crippen molar-refractivity contribution in [3.05, 3.63) is 99.3 Å². The lowest BCUT2D eigenvalue weighted by atomic mass is 10.0. The molecule has 218 valence electrons. The van der Waals surface area contributed by atoms with E-state index < -0.39 is 0 Å². The molecule has 3 aromatic carbocycles. The summed E-state index contributed by atoms with van der Waals surface area (Å²) in [7, 11) is 1.66. The number of benzene rings is 3. The molecule has 0 spiro atoms. The van der Waals surface area contributed by atoms with Crippen LogP contribution < -0.4 is 21.9 Å². The van der Waals surface area contributed by atoms with E-state index in [1.165, 1.54) is 15.9 Å². The van der Waals surface area contributed by atoms with Crippen LogP contribution in [-0.2, 0) is 11.8 Å². The van der Waals surface area contributed by atoms with Crippen molar-refractivity contribution >= 4 is 56.1 Å². The standard InChI is InChI=1S/C32H30N6O4S/c1-19-24(4-3-5-25(19)36-30(39)28-17-21-16-22(33)8-11-27(21)43-28)26-18-37(2)32(41)29(35-26)34-23-9-6-20(7-10-23)31(40)38-12-14-42-15-13-38/h3-11,16-18H,12-15,33H2,1-2H3,(H,34,35)(H,36,39). The Morgan fingerprint density at radius 3 is 2.56 bits per heavy atom. The molecule has 0 saturated carbocycles. The number of amides is 2. The van der Waals surface area contributed by atoms with E-state index in [-0.39, 0.29) is 23.2 Å². The van der Waals surface area contributed by atoms with Crippen molar-refractivity contribution in [3.8, 4) is 11.3 Å². The Morgan fingerprint density at radius 2 is 1.79 bits per heavy atom. The lowest BCUT2D eigenvalue weighted by Gasteiger charge is -2.26. The van der Waals surface area contributed by atoms with Crippen LogP contribution in [0.3, 0.4) is 0 Å². The van der Waals surface area contributed by atoms with E-state index in [0.717, 1.165) is 21.2 Å². The normalized spacial score (nSPS) is 13.2. The molecule has 1 aliphatic heterocycles. The third-order valence-electron chi connectivity index (χ3n) is 7.39. The van der Waals surface area contributed by atoms with Gasteiger partial charge in [-0.1, -0.05) is 12.1 Å². The molecule has 2 amide bonds. The molecule has 4 N–H and O–H groups in total. The minimum absolute atomic E-state index is 0.0506. The Hall–Kier alpha value is -5.00. The summed E-state index contributed by atoms with van der Waals surface area (Å²) in [6, 6.07) is 20.0. The number of nitrogen functional groups attached to an aromatic ring is 1. The van der Waals surface area contributed by atoms with E-state index >= 15 is 0 Å². The second-order valence-corrected chi connectivity index (χ2v) is 11.4. The minimum atomic E-state index is -0.301. The third-order valence-corrected chi connectivity index (χ3v) is 8.50. The van der Waals surface area contributed by atoms with Crippen LogP contribution >= 0.6 is 11.3 Å². The Bertz CT molecular complexity index is 1910. The van der Waals surface area contributed by atoms with Crippen LogP contribution in [0.25, 0.3) is 21.3 Å². The fraction of sp³-hybridized carbons (Fsp3) is 0.188. The molecule has 2 aromatic heterocycles. The van der Waals surface area contributed by atoms with Gasteiger partial charge in [-0.2, -0.15) is 0 Å². The zero-order valence-corrected chi connectivity index (χ0v) is 24.5. The summed E-state index contributed by atoms with van der Waals surface area (Å²) in [5.41, 5.74) is 10.2. The van der Waals surface area contributed by atoms with Crippen LogP contribution in [0.4, 0.5) is 22.9 Å². The van der Waals surface area contributed by atoms with Crippen molar-refractivity contribution < 1.29 is 14.3 Å². The first-order chi connectivity index (χ1) is 20.8. The SMILES string of the molecule is Cc1c(NC(=O)c2cc3cc(N)ccc3s2)cccc1-c1cn(C)c(=O)c(Nc2ccc(C(=O)N3CCOCC3)cc2)n1.